The van der Waals surface area contributed by atoms with Crippen LogP contribution < -0.4 is 0 Å². The number of rotatable bonds is 62. The summed E-state index contributed by atoms with van der Waals surface area (Å²) in [5.74, 6) is -0.867. The monoisotopic (exact) mass is 1060 g/mol. The summed E-state index contributed by atoms with van der Waals surface area (Å²) in [4.78, 5) is 38.3. The molecule has 0 saturated heterocycles. The highest BCUT2D eigenvalue weighted by Crippen LogP contribution is 2.17. The average Bonchev–Trinajstić information content (AvgIpc) is 3.42. The van der Waals surface area contributed by atoms with Crippen molar-refractivity contribution >= 4 is 17.9 Å². The maximum Gasteiger partial charge on any atom is 0.306 e. The van der Waals surface area contributed by atoms with Crippen molar-refractivity contribution in [2.45, 2.75) is 367 Å². The lowest BCUT2D eigenvalue weighted by atomic mass is 10.0. The molecule has 0 N–H and O–H groups in total. The predicted octanol–water partition coefficient (Wildman–Crippen LogP) is 22.9. The first-order chi connectivity index (χ1) is 37.5. The molecule has 1 atom stereocenters. The maximum atomic E-state index is 12.9. The Morgan fingerprint density at radius 2 is 0.500 bits per heavy atom. The molecule has 0 aliphatic rings. The van der Waals surface area contributed by atoms with E-state index in [9.17, 15) is 14.4 Å². The smallest absolute Gasteiger partial charge is 0.306 e. The number of hydrogen-bond donors (Lipinski definition) is 0. The van der Waals surface area contributed by atoms with Gasteiger partial charge in [0.05, 0.1) is 0 Å². The molecular formula is C70H128O6. The fourth-order valence-corrected chi connectivity index (χ4v) is 9.94. The maximum absolute atomic E-state index is 12.9. The predicted molar refractivity (Wildman–Crippen MR) is 330 cm³/mol. The number of ether oxygens (including phenoxy) is 3. The Balaban J connectivity index is 4.19. The van der Waals surface area contributed by atoms with Gasteiger partial charge in [0, 0.05) is 19.3 Å². The van der Waals surface area contributed by atoms with Crippen molar-refractivity contribution in [2.75, 3.05) is 13.2 Å². The van der Waals surface area contributed by atoms with Crippen LogP contribution in [0.3, 0.4) is 0 Å². The second-order valence-corrected chi connectivity index (χ2v) is 22.7. The van der Waals surface area contributed by atoms with Crippen molar-refractivity contribution < 1.29 is 28.6 Å². The molecule has 0 aromatic heterocycles. The summed E-state index contributed by atoms with van der Waals surface area (Å²) in [6, 6.07) is 0. The fraction of sp³-hybridized carbons (Fsp3) is 0.843. The molecule has 0 spiro atoms. The van der Waals surface area contributed by atoms with E-state index in [0.717, 1.165) is 77.0 Å². The first-order valence-corrected chi connectivity index (χ1v) is 33.6. The molecule has 0 aromatic rings. The minimum absolute atomic E-state index is 0.0738. The molecule has 76 heavy (non-hydrogen) atoms. The molecule has 0 heterocycles. The van der Waals surface area contributed by atoms with E-state index in [2.05, 4.69) is 69.4 Å². The summed E-state index contributed by atoms with van der Waals surface area (Å²) in [7, 11) is 0. The second-order valence-electron chi connectivity index (χ2n) is 22.7. The largest absolute Gasteiger partial charge is 0.462 e. The Labute approximate surface area is 473 Å². The number of carbonyl (C=O) groups excluding carboxylic acids is 3. The van der Waals surface area contributed by atoms with Gasteiger partial charge in [-0.2, -0.15) is 0 Å². The van der Waals surface area contributed by atoms with Crippen LogP contribution in [0.1, 0.15) is 361 Å². The van der Waals surface area contributed by atoms with Crippen LogP contribution in [0.15, 0.2) is 48.6 Å². The van der Waals surface area contributed by atoms with Gasteiger partial charge >= 0.3 is 17.9 Å². The molecule has 0 fully saturated rings. The van der Waals surface area contributed by atoms with Crippen LogP contribution >= 0.6 is 0 Å². The van der Waals surface area contributed by atoms with Gasteiger partial charge < -0.3 is 14.2 Å². The summed E-state index contributed by atoms with van der Waals surface area (Å²) in [6.07, 6.45) is 81.4. The summed E-state index contributed by atoms with van der Waals surface area (Å²) in [5.41, 5.74) is 0. The molecule has 0 radical (unpaired) electrons. The molecule has 0 rings (SSSR count). The van der Waals surface area contributed by atoms with Gasteiger partial charge in [0.1, 0.15) is 13.2 Å². The highest BCUT2D eigenvalue weighted by atomic mass is 16.6. The minimum atomic E-state index is -0.777. The third kappa shape index (κ3) is 62.2. The van der Waals surface area contributed by atoms with E-state index < -0.39 is 6.10 Å². The minimum Gasteiger partial charge on any atom is -0.462 e. The zero-order valence-electron chi connectivity index (χ0n) is 51.0. The van der Waals surface area contributed by atoms with E-state index in [1.54, 1.807) is 0 Å². The number of carbonyl (C=O) groups is 3. The zero-order chi connectivity index (χ0) is 55.0. The van der Waals surface area contributed by atoms with Gasteiger partial charge in [-0.25, -0.2) is 0 Å². The fourth-order valence-electron chi connectivity index (χ4n) is 9.94. The van der Waals surface area contributed by atoms with Gasteiger partial charge in [-0.15, -0.1) is 0 Å². The van der Waals surface area contributed by atoms with Gasteiger partial charge in [-0.3, -0.25) is 14.4 Å². The van der Waals surface area contributed by atoms with Gasteiger partial charge in [-0.1, -0.05) is 294 Å². The molecule has 0 aromatic carbocycles. The Kier molecular flexibility index (Phi) is 62.6. The topological polar surface area (TPSA) is 78.9 Å². The zero-order valence-corrected chi connectivity index (χ0v) is 51.0. The summed E-state index contributed by atoms with van der Waals surface area (Å²) < 4.78 is 16.9. The Bertz CT molecular complexity index is 1310. The van der Waals surface area contributed by atoms with Gasteiger partial charge in [0.15, 0.2) is 6.10 Å². The third-order valence-corrected chi connectivity index (χ3v) is 15.0. The van der Waals surface area contributed by atoms with Crippen LogP contribution in [-0.2, 0) is 28.6 Å². The van der Waals surface area contributed by atoms with Gasteiger partial charge in [0.2, 0.25) is 0 Å². The summed E-state index contributed by atoms with van der Waals surface area (Å²) >= 11 is 0. The molecule has 6 heteroatoms. The molecule has 0 aliphatic carbocycles. The SMILES string of the molecule is CCC/C=C\CCCCCCCC(=O)OCC(COC(=O)CCCCCCCCCCCCCCC/C=C\CCCCCCCCCC)OC(=O)CCCCCCCCCCCCC/C=C\C/C=C\CCCCCCC. The highest BCUT2D eigenvalue weighted by molar-refractivity contribution is 5.71. The average molecular weight is 1070 g/mol. The molecule has 0 aliphatic heterocycles. The lowest BCUT2D eigenvalue weighted by Crippen LogP contribution is -2.30. The Morgan fingerprint density at radius 1 is 0.263 bits per heavy atom. The van der Waals surface area contributed by atoms with Crippen molar-refractivity contribution in [3.05, 3.63) is 48.6 Å². The number of hydrogen-bond acceptors (Lipinski definition) is 6. The molecule has 444 valence electrons. The van der Waals surface area contributed by atoms with Crippen LogP contribution in [0, 0.1) is 0 Å². The quantitative estimate of drug-likeness (QED) is 0.0261. The van der Waals surface area contributed by atoms with Crippen LogP contribution in [-0.4, -0.2) is 37.2 Å². The van der Waals surface area contributed by atoms with Crippen molar-refractivity contribution in [3.63, 3.8) is 0 Å². The number of unbranched alkanes of at least 4 members (excludes halogenated alkanes) is 43. The highest BCUT2D eigenvalue weighted by Gasteiger charge is 2.19. The molecular weight excluding hydrogens is 937 g/mol. The third-order valence-electron chi connectivity index (χ3n) is 15.0. The standard InChI is InChI=1S/C70H128O6/c1-4-7-10-13-16-19-22-24-26-28-30-32-34-35-37-38-40-42-44-46-48-51-54-57-60-63-69(72)75-66-67(65-74-68(71)62-59-56-53-50-21-18-15-12-9-6-3)76-70(73)64-61-58-55-52-49-47-45-43-41-39-36-33-31-29-27-25-23-20-17-14-11-8-5-2/h12,15,23,25,28-31,67H,4-11,13-14,16-22,24,26-27,32-66H2,1-3H3/b15-12-,25-23-,30-28-,31-29-. The van der Waals surface area contributed by atoms with Crippen molar-refractivity contribution in [1.82, 2.24) is 0 Å². The van der Waals surface area contributed by atoms with E-state index in [4.69, 9.17) is 14.2 Å². The number of allylic oxidation sites excluding steroid dienone is 8. The molecule has 0 amide bonds. The van der Waals surface area contributed by atoms with E-state index in [-0.39, 0.29) is 31.1 Å². The van der Waals surface area contributed by atoms with Crippen molar-refractivity contribution in [3.8, 4) is 0 Å². The normalized spacial score (nSPS) is 12.3. The van der Waals surface area contributed by atoms with Gasteiger partial charge in [0.25, 0.3) is 0 Å². The summed E-state index contributed by atoms with van der Waals surface area (Å²) in [6.45, 7) is 6.61. The molecule has 1 unspecified atom stereocenters. The van der Waals surface area contributed by atoms with E-state index in [1.165, 1.54) is 244 Å². The van der Waals surface area contributed by atoms with Crippen LogP contribution in [0.5, 0.6) is 0 Å². The van der Waals surface area contributed by atoms with Crippen LogP contribution in [0.2, 0.25) is 0 Å². The van der Waals surface area contributed by atoms with Gasteiger partial charge in [-0.05, 0) is 96.3 Å². The van der Waals surface area contributed by atoms with Crippen LogP contribution in [0.25, 0.3) is 0 Å². The number of esters is 3. The van der Waals surface area contributed by atoms with E-state index >= 15 is 0 Å². The van der Waals surface area contributed by atoms with E-state index in [1.807, 2.05) is 0 Å². The first-order valence-electron chi connectivity index (χ1n) is 33.6. The molecule has 0 bridgehead atoms. The lowest BCUT2D eigenvalue weighted by Gasteiger charge is -2.18. The molecule has 0 saturated carbocycles. The second kappa shape index (κ2) is 64.9. The van der Waals surface area contributed by atoms with Crippen molar-refractivity contribution in [2.24, 2.45) is 0 Å². The van der Waals surface area contributed by atoms with Crippen LogP contribution in [0.4, 0.5) is 0 Å². The van der Waals surface area contributed by atoms with Crippen molar-refractivity contribution in [1.29, 1.82) is 0 Å². The first kappa shape index (κ1) is 73.4. The summed E-state index contributed by atoms with van der Waals surface area (Å²) in [5, 5.41) is 0. The lowest BCUT2D eigenvalue weighted by molar-refractivity contribution is -0.167. The molecule has 6 nitrogen and oxygen atoms in total. The Morgan fingerprint density at radius 3 is 0.789 bits per heavy atom. The Hall–Kier alpha value is -2.63. The van der Waals surface area contributed by atoms with E-state index in [0.29, 0.717) is 19.3 Å².